The van der Waals surface area contributed by atoms with Crippen molar-refractivity contribution in [2.45, 2.75) is 32.7 Å². The molecule has 1 aromatic heterocycles. The summed E-state index contributed by atoms with van der Waals surface area (Å²) in [6.45, 7) is 2.41. The molecule has 0 spiro atoms. The number of benzene rings is 1. The fraction of sp³-hybridized carbons (Fsp3) is 0.353. The van der Waals surface area contributed by atoms with Crippen LogP contribution in [0.15, 0.2) is 29.1 Å². The van der Waals surface area contributed by atoms with Gasteiger partial charge in [0.25, 0.3) is 5.56 Å². The molecule has 7 heteroatoms. The largest absolute Gasteiger partial charge is 0.508 e. The van der Waals surface area contributed by atoms with Crippen LogP contribution in [-0.4, -0.2) is 27.2 Å². The Hall–Kier alpha value is -2.83. The molecule has 0 radical (unpaired) electrons. The number of nitrogens with one attached hydrogen (secondary N) is 1. The summed E-state index contributed by atoms with van der Waals surface area (Å²) in [7, 11) is 0. The van der Waals surface area contributed by atoms with E-state index in [2.05, 4.69) is 10.3 Å². The zero-order chi connectivity index (χ0) is 17.1. The van der Waals surface area contributed by atoms with Gasteiger partial charge in [-0.3, -0.25) is 9.36 Å². The third kappa shape index (κ3) is 3.10. The minimum atomic E-state index is -0.696. The van der Waals surface area contributed by atoms with Gasteiger partial charge in [-0.05, 0) is 31.9 Å². The Morgan fingerprint density at radius 1 is 1.42 bits per heavy atom. The van der Waals surface area contributed by atoms with Gasteiger partial charge in [0.2, 0.25) is 0 Å². The fourth-order valence-corrected chi connectivity index (χ4v) is 2.77. The Bertz CT molecular complexity index is 829. The predicted octanol–water partition coefficient (Wildman–Crippen LogP) is 2.21. The van der Waals surface area contributed by atoms with Crippen molar-refractivity contribution in [2.75, 3.05) is 11.9 Å². The average molecular weight is 329 g/mol. The first-order valence-corrected chi connectivity index (χ1v) is 7.97. The van der Waals surface area contributed by atoms with Crippen LogP contribution < -0.4 is 10.9 Å². The zero-order valence-electron chi connectivity index (χ0n) is 13.4. The third-order valence-corrected chi connectivity index (χ3v) is 3.87. The highest BCUT2D eigenvalue weighted by Crippen LogP contribution is 2.23. The normalized spacial score (nSPS) is 13.2. The van der Waals surface area contributed by atoms with E-state index in [0.717, 1.165) is 12.8 Å². The number of ether oxygens (including phenoxy) is 1. The lowest BCUT2D eigenvalue weighted by Gasteiger charge is -2.20. The number of carbonyl (C=O) groups is 1. The minimum absolute atomic E-state index is 0.0763. The van der Waals surface area contributed by atoms with Crippen LogP contribution in [0.5, 0.6) is 5.75 Å². The molecule has 0 saturated heterocycles. The summed E-state index contributed by atoms with van der Waals surface area (Å²) in [5.74, 6) is 0.199. The predicted molar refractivity (Wildman–Crippen MR) is 88.8 cm³/mol. The van der Waals surface area contributed by atoms with E-state index in [1.54, 1.807) is 23.6 Å². The monoisotopic (exact) mass is 329 g/mol. The molecule has 0 bridgehead atoms. The smallest absolute Gasteiger partial charge is 0.347 e. The van der Waals surface area contributed by atoms with Crippen LogP contribution >= 0.6 is 0 Å². The van der Waals surface area contributed by atoms with Gasteiger partial charge in [-0.1, -0.05) is 6.07 Å². The molecule has 3 rings (SSSR count). The molecule has 2 N–H and O–H groups in total. The van der Waals surface area contributed by atoms with Crippen molar-refractivity contribution in [1.29, 1.82) is 0 Å². The number of hydrogen-bond donors (Lipinski definition) is 2. The van der Waals surface area contributed by atoms with Crippen molar-refractivity contribution in [3.63, 3.8) is 0 Å². The molecule has 0 fully saturated rings. The van der Waals surface area contributed by atoms with Crippen molar-refractivity contribution in [2.24, 2.45) is 0 Å². The highest BCUT2D eigenvalue weighted by atomic mass is 16.5. The van der Waals surface area contributed by atoms with E-state index in [-0.39, 0.29) is 29.3 Å². The lowest BCUT2D eigenvalue weighted by atomic mass is 10.1. The van der Waals surface area contributed by atoms with Gasteiger partial charge < -0.3 is 15.2 Å². The van der Waals surface area contributed by atoms with E-state index in [4.69, 9.17) is 4.74 Å². The fourth-order valence-electron chi connectivity index (χ4n) is 2.77. The van der Waals surface area contributed by atoms with Crippen LogP contribution in [-0.2, 0) is 17.7 Å². The number of nitrogens with zero attached hydrogens (tertiary/aromatic N) is 2. The van der Waals surface area contributed by atoms with Crippen LogP contribution in [0.3, 0.4) is 0 Å². The highest BCUT2D eigenvalue weighted by Gasteiger charge is 2.25. The third-order valence-electron chi connectivity index (χ3n) is 3.87. The maximum absolute atomic E-state index is 12.7. The second-order valence-corrected chi connectivity index (χ2v) is 5.56. The van der Waals surface area contributed by atoms with Crippen LogP contribution in [0.25, 0.3) is 0 Å². The number of phenolic OH excluding ortho intramolecular Hbond substituents is 1. The van der Waals surface area contributed by atoms with Crippen molar-refractivity contribution in [1.82, 2.24) is 9.55 Å². The van der Waals surface area contributed by atoms with Gasteiger partial charge in [0, 0.05) is 24.7 Å². The van der Waals surface area contributed by atoms with Gasteiger partial charge in [-0.15, -0.1) is 0 Å². The topological polar surface area (TPSA) is 93.4 Å². The minimum Gasteiger partial charge on any atom is -0.508 e. The van der Waals surface area contributed by atoms with Crippen molar-refractivity contribution in [3.05, 3.63) is 46.0 Å². The summed E-state index contributed by atoms with van der Waals surface area (Å²) in [6.07, 6.45) is 2.53. The van der Waals surface area contributed by atoms with E-state index in [0.29, 0.717) is 24.5 Å². The number of anilines is 2. The molecule has 0 aliphatic carbocycles. The van der Waals surface area contributed by atoms with Crippen LogP contribution in [0.2, 0.25) is 0 Å². The van der Waals surface area contributed by atoms with Gasteiger partial charge in [0.05, 0.1) is 6.61 Å². The summed E-state index contributed by atoms with van der Waals surface area (Å²) in [4.78, 5) is 29.5. The molecule has 24 heavy (non-hydrogen) atoms. The standard InChI is InChI=1S/C17H19N3O4/c1-2-24-17(23)14-15(18-11-6-5-7-12(21)10-11)19-13-8-3-4-9-20(13)16(14)22/h5-7,10,18,21H,2-4,8-9H2,1H3. The van der Waals surface area contributed by atoms with Gasteiger partial charge in [-0.25, -0.2) is 9.78 Å². The Morgan fingerprint density at radius 2 is 2.25 bits per heavy atom. The second-order valence-electron chi connectivity index (χ2n) is 5.56. The molecule has 0 amide bonds. The number of aryl methyl sites for hydroxylation is 1. The molecular weight excluding hydrogens is 310 g/mol. The SMILES string of the molecule is CCOC(=O)c1c(Nc2cccc(O)c2)nc2n(c1=O)CCCC2. The van der Waals surface area contributed by atoms with E-state index >= 15 is 0 Å². The molecule has 1 aromatic carbocycles. The molecule has 1 aliphatic heterocycles. The highest BCUT2D eigenvalue weighted by molar-refractivity contribution is 5.95. The van der Waals surface area contributed by atoms with E-state index in [9.17, 15) is 14.7 Å². The number of rotatable bonds is 4. The van der Waals surface area contributed by atoms with Crippen molar-refractivity contribution in [3.8, 4) is 5.75 Å². The Balaban J connectivity index is 2.10. The molecule has 0 saturated carbocycles. The molecule has 2 aromatic rings. The second kappa shape index (κ2) is 6.74. The Labute approximate surface area is 138 Å². The quantitative estimate of drug-likeness (QED) is 0.835. The summed E-state index contributed by atoms with van der Waals surface area (Å²) < 4.78 is 6.57. The summed E-state index contributed by atoms with van der Waals surface area (Å²) >= 11 is 0. The lowest BCUT2D eigenvalue weighted by Crippen LogP contribution is -2.34. The van der Waals surface area contributed by atoms with E-state index in [1.165, 1.54) is 12.1 Å². The molecular formula is C17H19N3O4. The number of carbonyl (C=O) groups excluding carboxylic acids is 1. The zero-order valence-corrected chi connectivity index (χ0v) is 13.4. The first-order chi connectivity index (χ1) is 11.6. The Morgan fingerprint density at radius 3 is 3.00 bits per heavy atom. The summed E-state index contributed by atoms with van der Waals surface area (Å²) in [5, 5.41) is 12.5. The lowest BCUT2D eigenvalue weighted by molar-refractivity contribution is 0.0524. The van der Waals surface area contributed by atoms with E-state index in [1.807, 2.05) is 0 Å². The molecule has 0 atom stereocenters. The maximum atomic E-state index is 12.7. The first-order valence-electron chi connectivity index (χ1n) is 7.97. The number of aromatic nitrogens is 2. The molecule has 7 nitrogen and oxygen atoms in total. The van der Waals surface area contributed by atoms with Crippen molar-refractivity contribution >= 4 is 17.5 Å². The van der Waals surface area contributed by atoms with Gasteiger partial charge >= 0.3 is 5.97 Å². The number of phenols is 1. The summed E-state index contributed by atoms with van der Waals surface area (Å²) in [6, 6.07) is 6.40. The number of esters is 1. The molecule has 1 aliphatic rings. The molecule has 2 heterocycles. The molecule has 0 unspecified atom stereocenters. The number of fused-ring (bicyclic) bond motifs is 1. The Kier molecular flexibility index (Phi) is 4.50. The van der Waals surface area contributed by atoms with E-state index < -0.39 is 5.97 Å². The van der Waals surface area contributed by atoms with Crippen LogP contribution in [0.4, 0.5) is 11.5 Å². The molecule has 126 valence electrons. The van der Waals surface area contributed by atoms with Crippen LogP contribution in [0, 0.1) is 0 Å². The summed E-state index contributed by atoms with van der Waals surface area (Å²) in [5.41, 5.74) is 0.0415. The van der Waals surface area contributed by atoms with Gasteiger partial charge in [-0.2, -0.15) is 0 Å². The maximum Gasteiger partial charge on any atom is 0.347 e. The number of aromatic hydroxyl groups is 1. The van der Waals surface area contributed by atoms with Crippen molar-refractivity contribution < 1.29 is 14.6 Å². The first kappa shape index (κ1) is 16.0. The van der Waals surface area contributed by atoms with Gasteiger partial charge in [0.15, 0.2) is 11.4 Å². The average Bonchev–Trinajstić information content (AvgIpc) is 2.55. The van der Waals surface area contributed by atoms with Gasteiger partial charge in [0.1, 0.15) is 11.6 Å². The van der Waals surface area contributed by atoms with Crippen LogP contribution in [0.1, 0.15) is 35.9 Å². The number of hydrogen-bond acceptors (Lipinski definition) is 6.